The molecule has 19 heavy (non-hydrogen) atoms. The topological polar surface area (TPSA) is 36.1 Å². The lowest BCUT2D eigenvalue weighted by atomic mass is 9.99. The first-order chi connectivity index (χ1) is 9.24. The van der Waals surface area contributed by atoms with Gasteiger partial charge < -0.3 is 9.88 Å². The Labute approximate surface area is 113 Å². The van der Waals surface area contributed by atoms with Crippen LogP contribution in [0.2, 0.25) is 0 Å². The average molecular weight is 256 g/mol. The molecule has 1 N–H and O–H groups in total. The number of rotatable bonds is 2. The van der Waals surface area contributed by atoms with Crippen molar-refractivity contribution in [2.24, 2.45) is 5.92 Å². The van der Waals surface area contributed by atoms with E-state index in [0.717, 1.165) is 30.6 Å². The fourth-order valence-corrected chi connectivity index (χ4v) is 2.97. The van der Waals surface area contributed by atoms with Gasteiger partial charge in [0.25, 0.3) is 0 Å². The maximum absolute atomic E-state index is 12.4. The fourth-order valence-electron chi connectivity index (χ4n) is 2.97. The Balaban J connectivity index is 1.75. The molecular formula is C16H20N2O. The molecule has 1 fully saturated rings. The maximum atomic E-state index is 12.4. The van der Waals surface area contributed by atoms with Crippen molar-refractivity contribution in [1.29, 1.82) is 0 Å². The number of H-pyrrole nitrogens is 1. The zero-order valence-electron chi connectivity index (χ0n) is 11.4. The highest BCUT2D eigenvalue weighted by molar-refractivity contribution is 5.88. The number of nitrogens with one attached hydrogen (secondary N) is 1. The first kappa shape index (κ1) is 12.3. The van der Waals surface area contributed by atoms with Gasteiger partial charge in [0.05, 0.1) is 6.42 Å². The van der Waals surface area contributed by atoms with Crippen LogP contribution in [0.25, 0.3) is 10.9 Å². The number of carbonyl (C=O) groups excluding carboxylic acids is 1. The summed E-state index contributed by atoms with van der Waals surface area (Å²) in [4.78, 5) is 17.6. The number of nitrogens with zero attached hydrogens (tertiary/aromatic N) is 1. The molecule has 0 bridgehead atoms. The summed E-state index contributed by atoms with van der Waals surface area (Å²) in [5.41, 5.74) is 2.22. The summed E-state index contributed by atoms with van der Waals surface area (Å²) in [6.07, 6.45) is 4.87. The van der Waals surface area contributed by atoms with Gasteiger partial charge in [-0.05, 0) is 30.4 Å². The highest BCUT2D eigenvalue weighted by Crippen LogP contribution is 2.21. The minimum Gasteiger partial charge on any atom is -0.361 e. The molecule has 0 aliphatic carbocycles. The Hall–Kier alpha value is -1.77. The van der Waals surface area contributed by atoms with E-state index in [4.69, 9.17) is 0 Å². The Morgan fingerprint density at radius 2 is 2.26 bits per heavy atom. The Morgan fingerprint density at radius 3 is 3.11 bits per heavy atom. The zero-order chi connectivity index (χ0) is 13.2. The number of fused-ring (bicyclic) bond motifs is 1. The van der Waals surface area contributed by atoms with Crippen molar-refractivity contribution in [3.05, 3.63) is 36.0 Å². The number of aromatic amines is 1. The molecule has 1 aliphatic rings. The molecule has 100 valence electrons. The molecule has 3 rings (SSSR count). The third-order valence-electron chi connectivity index (χ3n) is 4.03. The normalized spacial score (nSPS) is 19.8. The van der Waals surface area contributed by atoms with Crippen LogP contribution in [0.5, 0.6) is 0 Å². The number of piperidine rings is 1. The largest absolute Gasteiger partial charge is 0.361 e. The molecule has 0 spiro atoms. The molecule has 3 nitrogen and oxygen atoms in total. The van der Waals surface area contributed by atoms with Gasteiger partial charge in [-0.3, -0.25) is 4.79 Å². The summed E-state index contributed by atoms with van der Waals surface area (Å²) in [6, 6.07) is 8.16. The van der Waals surface area contributed by atoms with E-state index in [2.05, 4.69) is 18.0 Å². The third-order valence-corrected chi connectivity index (χ3v) is 4.03. The van der Waals surface area contributed by atoms with Crippen LogP contribution in [0, 0.1) is 5.92 Å². The summed E-state index contributed by atoms with van der Waals surface area (Å²) in [6.45, 7) is 4.07. The highest BCUT2D eigenvalue weighted by atomic mass is 16.2. The van der Waals surface area contributed by atoms with Crippen LogP contribution < -0.4 is 0 Å². The van der Waals surface area contributed by atoms with E-state index in [-0.39, 0.29) is 5.91 Å². The molecule has 1 aliphatic heterocycles. The standard InChI is InChI=1S/C16H20N2O/c1-12-5-4-8-18(11-12)16(19)9-13-10-17-15-7-3-2-6-14(13)15/h2-3,6-7,10,12,17H,4-5,8-9,11H2,1H3. The van der Waals surface area contributed by atoms with Crippen LogP contribution in [-0.4, -0.2) is 28.9 Å². The average Bonchev–Trinajstić information content (AvgIpc) is 2.82. The van der Waals surface area contributed by atoms with Crippen LogP contribution in [0.1, 0.15) is 25.3 Å². The molecule has 1 atom stereocenters. The third kappa shape index (κ3) is 2.50. The minimum atomic E-state index is 0.260. The van der Waals surface area contributed by atoms with Crippen molar-refractivity contribution in [3.63, 3.8) is 0 Å². The lowest BCUT2D eigenvalue weighted by Crippen LogP contribution is -2.39. The fraction of sp³-hybridized carbons (Fsp3) is 0.438. The summed E-state index contributed by atoms with van der Waals surface area (Å²) in [7, 11) is 0. The van der Waals surface area contributed by atoms with E-state index >= 15 is 0 Å². The molecule has 1 unspecified atom stereocenters. The van der Waals surface area contributed by atoms with E-state index in [1.165, 1.54) is 11.8 Å². The molecule has 1 aromatic heterocycles. The monoisotopic (exact) mass is 256 g/mol. The summed E-state index contributed by atoms with van der Waals surface area (Å²) < 4.78 is 0. The van der Waals surface area contributed by atoms with E-state index < -0.39 is 0 Å². The molecule has 3 heteroatoms. The first-order valence-corrected chi connectivity index (χ1v) is 7.07. The van der Waals surface area contributed by atoms with Gasteiger partial charge in [0.2, 0.25) is 5.91 Å². The number of carbonyl (C=O) groups is 1. The number of para-hydroxylation sites is 1. The number of benzene rings is 1. The molecule has 2 aromatic rings. The van der Waals surface area contributed by atoms with E-state index in [1.54, 1.807) is 0 Å². The van der Waals surface area contributed by atoms with Crippen LogP contribution in [0.15, 0.2) is 30.5 Å². The lowest BCUT2D eigenvalue weighted by molar-refractivity contribution is -0.132. The Kier molecular flexibility index (Phi) is 3.28. The van der Waals surface area contributed by atoms with Crippen molar-refractivity contribution < 1.29 is 4.79 Å². The number of hydrogen-bond acceptors (Lipinski definition) is 1. The highest BCUT2D eigenvalue weighted by Gasteiger charge is 2.21. The quantitative estimate of drug-likeness (QED) is 0.881. The predicted octanol–water partition coefficient (Wildman–Crippen LogP) is 2.97. The second-order valence-corrected chi connectivity index (χ2v) is 5.62. The van der Waals surface area contributed by atoms with E-state index in [9.17, 15) is 4.79 Å². The van der Waals surface area contributed by atoms with Gasteiger partial charge >= 0.3 is 0 Å². The molecule has 1 aromatic carbocycles. The first-order valence-electron chi connectivity index (χ1n) is 7.07. The summed E-state index contributed by atoms with van der Waals surface area (Å²) in [5.74, 6) is 0.900. The number of hydrogen-bond donors (Lipinski definition) is 1. The van der Waals surface area contributed by atoms with Crippen LogP contribution in [0.3, 0.4) is 0 Å². The van der Waals surface area contributed by atoms with E-state index in [0.29, 0.717) is 12.3 Å². The van der Waals surface area contributed by atoms with Gasteiger partial charge in [-0.25, -0.2) is 0 Å². The second-order valence-electron chi connectivity index (χ2n) is 5.62. The molecule has 1 amide bonds. The number of aromatic nitrogens is 1. The SMILES string of the molecule is CC1CCCN(C(=O)Cc2c[nH]c3ccccc23)C1. The molecule has 0 saturated carbocycles. The van der Waals surface area contributed by atoms with Gasteiger partial charge in [0.1, 0.15) is 0 Å². The van der Waals surface area contributed by atoms with Gasteiger partial charge in [0, 0.05) is 30.2 Å². The number of likely N-dealkylation sites (tertiary alicyclic amines) is 1. The van der Waals surface area contributed by atoms with Crippen molar-refractivity contribution >= 4 is 16.8 Å². The Morgan fingerprint density at radius 1 is 1.42 bits per heavy atom. The van der Waals surface area contributed by atoms with Gasteiger partial charge in [0.15, 0.2) is 0 Å². The lowest BCUT2D eigenvalue weighted by Gasteiger charge is -2.31. The van der Waals surface area contributed by atoms with Crippen molar-refractivity contribution in [2.45, 2.75) is 26.2 Å². The van der Waals surface area contributed by atoms with Crippen molar-refractivity contribution in [3.8, 4) is 0 Å². The van der Waals surface area contributed by atoms with Crippen molar-refractivity contribution in [2.75, 3.05) is 13.1 Å². The molecular weight excluding hydrogens is 236 g/mol. The van der Waals surface area contributed by atoms with Crippen LogP contribution in [0.4, 0.5) is 0 Å². The Bertz CT molecular complexity index is 587. The summed E-state index contributed by atoms with van der Waals surface area (Å²) in [5, 5.41) is 1.17. The van der Waals surface area contributed by atoms with E-state index in [1.807, 2.05) is 29.3 Å². The number of amides is 1. The van der Waals surface area contributed by atoms with Crippen molar-refractivity contribution in [1.82, 2.24) is 9.88 Å². The van der Waals surface area contributed by atoms with Gasteiger partial charge in [-0.2, -0.15) is 0 Å². The van der Waals surface area contributed by atoms with Gasteiger partial charge in [-0.15, -0.1) is 0 Å². The van der Waals surface area contributed by atoms with Crippen LogP contribution in [-0.2, 0) is 11.2 Å². The van der Waals surface area contributed by atoms with Crippen LogP contribution >= 0.6 is 0 Å². The molecule has 2 heterocycles. The molecule has 0 radical (unpaired) electrons. The smallest absolute Gasteiger partial charge is 0.227 e. The second kappa shape index (κ2) is 5.08. The minimum absolute atomic E-state index is 0.260. The van der Waals surface area contributed by atoms with Gasteiger partial charge in [-0.1, -0.05) is 25.1 Å². The molecule has 1 saturated heterocycles. The predicted molar refractivity (Wildman–Crippen MR) is 77.0 cm³/mol. The maximum Gasteiger partial charge on any atom is 0.227 e. The summed E-state index contributed by atoms with van der Waals surface area (Å²) >= 11 is 0. The zero-order valence-corrected chi connectivity index (χ0v) is 11.4.